The first-order valence-corrected chi connectivity index (χ1v) is 7.84. The van der Waals surface area contributed by atoms with Gasteiger partial charge >= 0.3 is 0 Å². The van der Waals surface area contributed by atoms with Crippen molar-refractivity contribution < 1.29 is 4.57 Å². The van der Waals surface area contributed by atoms with Crippen LogP contribution in [-0.4, -0.2) is 0 Å². The van der Waals surface area contributed by atoms with Crippen molar-refractivity contribution in [3.63, 3.8) is 0 Å². The van der Waals surface area contributed by atoms with Crippen LogP contribution in [-0.2, 0) is 13.5 Å². The first-order valence-electron chi connectivity index (χ1n) is 7.84. The number of benzene rings is 2. The largest absolute Gasteiger partial charge is 0.212 e. The second kappa shape index (κ2) is 6.15. The molecule has 0 radical (unpaired) electrons. The molecule has 0 bridgehead atoms. The minimum Gasteiger partial charge on any atom is -0.200 e. The van der Waals surface area contributed by atoms with E-state index in [4.69, 9.17) is 0 Å². The minimum atomic E-state index is 1.08. The molecule has 22 heavy (non-hydrogen) atoms. The number of aromatic nitrogens is 1. The molecule has 1 heteroatoms. The van der Waals surface area contributed by atoms with Crippen LogP contribution in [0, 0.1) is 6.92 Å². The average molecular weight is 288 g/mol. The summed E-state index contributed by atoms with van der Waals surface area (Å²) in [5, 5.41) is 0. The highest BCUT2D eigenvalue weighted by molar-refractivity contribution is 5.66. The minimum absolute atomic E-state index is 1.08. The fraction of sp³-hybridized carbons (Fsp3) is 0.190. The third-order valence-electron chi connectivity index (χ3n) is 4.22. The van der Waals surface area contributed by atoms with Gasteiger partial charge in [-0.2, -0.15) is 0 Å². The lowest BCUT2D eigenvalue weighted by Crippen LogP contribution is -2.30. The van der Waals surface area contributed by atoms with Gasteiger partial charge in [0.1, 0.15) is 7.05 Å². The molecule has 1 heterocycles. The van der Waals surface area contributed by atoms with Gasteiger partial charge < -0.3 is 0 Å². The predicted molar refractivity (Wildman–Crippen MR) is 92.6 cm³/mol. The van der Waals surface area contributed by atoms with E-state index < -0.39 is 0 Å². The zero-order chi connectivity index (χ0) is 15.5. The predicted octanol–water partition coefficient (Wildman–Crippen LogP) is 4.72. The van der Waals surface area contributed by atoms with Crippen molar-refractivity contribution in [3.05, 3.63) is 78.0 Å². The summed E-state index contributed by atoms with van der Waals surface area (Å²) in [6, 6.07) is 21.7. The molecule has 0 saturated heterocycles. The van der Waals surface area contributed by atoms with Crippen molar-refractivity contribution in [2.24, 2.45) is 7.05 Å². The highest BCUT2D eigenvalue weighted by Gasteiger charge is 2.13. The highest BCUT2D eigenvalue weighted by atomic mass is 14.9. The van der Waals surface area contributed by atoms with Crippen LogP contribution in [0.25, 0.3) is 22.4 Å². The van der Waals surface area contributed by atoms with Gasteiger partial charge in [0.25, 0.3) is 0 Å². The Bertz CT molecular complexity index is 788. The zero-order valence-corrected chi connectivity index (χ0v) is 13.5. The van der Waals surface area contributed by atoms with Crippen LogP contribution in [0.1, 0.15) is 18.1 Å². The molecule has 0 atom stereocenters. The van der Waals surface area contributed by atoms with E-state index in [2.05, 4.69) is 92.3 Å². The van der Waals surface area contributed by atoms with Gasteiger partial charge in [-0.1, -0.05) is 49.4 Å². The normalized spacial score (nSPS) is 10.7. The van der Waals surface area contributed by atoms with Gasteiger partial charge in [-0.3, -0.25) is 0 Å². The smallest absolute Gasteiger partial charge is 0.200 e. The average Bonchev–Trinajstić information content (AvgIpc) is 2.56. The van der Waals surface area contributed by atoms with Crippen LogP contribution in [0.2, 0.25) is 0 Å². The Hall–Kier alpha value is -2.41. The summed E-state index contributed by atoms with van der Waals surface area (Å²) in [6.45, 7) is 4.39. The Kier molecular flexibility index (Phi) is 4.06. The van der Waals surface area contributed by atoms with Crippen molar-refractivity contribution in [2.75, 3.05) is 0 Å². The van der Waals surface area contributed by atoms with Crippen molar-refractivity contribution in [2.45, 2.75) is 20.3 Å². The van der Waals surface area contributed by atoms with Gasteiger partial charge in [0.2, 0.25) is 5.69 Å². The fourth-order valence-corrected chi connectivity index (χ4v) is 2.92. The van der Waals surface area contributed by atoms with Crippen LogP contribution in [0.3, 0.4) is 0 Å². The summed E-state index contributed by atoms with van der Waals surface area (Å²) in [5.41, 5.74) is 7.78. The van der Waals surface area contributed by atoms with Gasteiger partial charge in [-0.05, 0) is 42.2 Å². The van der Waals surface area contributed by atoms with E-state index in [-0.39, 0.29) is 0 Å². The van der Waals surface area contributed by atoms with Crippen LogP contribution < -0.4 is 4.57 Å². The topological polar surface area (TPSA) is 3.88 Å². The van der Waals surface area contributed by atoms with Gasteiger partial charge in [-0.25, -0.2) is 4.57 Å². The summed E-state index contributed by atoms with van der Waals surface area (Å²) in [4.78, 5) is 0. The van der Waals surface area contributed by atoms with Crippen LogP contribution in [0.15, 0.2) is 66.9 Å². The highest BCUT2D eigenvalue weighted by Crippen LogP contribution is 2.24. The summed E-state index contributed by atoms with van der Waals surface area (Å²) in [5.74, 6) is 0. The number of nitrogens with zero attached hydrogens (tertiary/aromatic N) is 1. The fourth-order valence-electron chi connectivity index (χ4n) is 2.92. The molecule has 0 fully saturated rings. The lowest BCUT2D eigenvalue weighted by molar-refractivity contribution is -0.659. The molecule has 3 rings (SSSR count). The molecule has 0 aliphatic heterocycles. The molecule has 0 saturated carbocycles. The number of aryl methyl sites for hydroxylation is 3. The first kappa shape index (κ1) is 14.5. The molecule has 0 N–H and O–H groups in total. The van der Waals surface area contributed by atoms with Gasteiger partial charge in [0.15, 0.2) is 6.20 Å². The standard InChI is InChI=1S/C21H22N/c1-4-17-10-12-20(16(2)14-17)21-13-11-19(15-22(21)3)18-8-6-5-7-9-18/h5-15H,4H2,1-3H3/q+1. The molecule has 0 amide bonds. The second-order valence-corrected chi connectivity index (χ2v) is 5.78. The molecule has 3 aromatic rings. The SMILES string of the molecule is CCc1ccc(-c2ccc(-c3ccccc3)c[n+]2C)c(C)c1. The monoisotopic (exact) mass is 288 g/mol. The van der Waals surface area contributed by atoms with E-state index in [0.29, 0.717) is 0 Å². The Morgan fingerprint density at radius 3 is 2.27 bits per heavy atom. The summed E-state index contributed by atoms with van der Waals surface area (Å²) < 4.78 is 2.22. The number of pyridine rings is 1. The summed E-state index contributed by atoms with van der Waals surface area (Å²) >= 11 is 0. The van der Waals surface area contributed by atoms with E-state index in [0.717, 1.165) is 6.42 Å². The number of hydrogen-bond donors (Lipinski definition) is 0. The lowest BCUT2D eigenvalue weighted by Gasteiger charge is -2.08. The summed E-state index contributed by atoms with van der Waals surface area (Å²) in [6.07, 6.45) is 3.29. The van der Waals surface area contributed by atoms with E-state index in [9.17, 15) is 0 Å². The molecule has 0 aliphatic carbocycles. The van der Waals surface area contributed by atoms with Crippen molar-refractivity contribution in [3.8, 4) is 22.4 Å². The Balaban J connectivity index is 2.03. The van der Waals surface area contributed by atoms with Crippen molar-refractivity contribution in [1.29, 1.82) is 0 Å². The Morgan fingerprint density at radius 1 is 0.864 bits per heavy atom. The molecule has 110 valence electrons. The molecule has 2 aromatic carbocycles. The molecule has 0 aliphatic rings. The van der Waals surface area contributed by atoms with Crippen molar-refractivity contribution in [1.82, 2.24) is 0 Å². The van der Waals surface area contributed by atoms with E-state index in [1.807, 2.05) is 0 Å². The zero-order valence-electron chi connectivity index (χ0n) is 13.5. The van der Waals surface area contributed by atoms with Gasteiger partial charge in [0.05, 0.1) is 0 Å². The molecular weight excluding hydrogens is 266 g/mol. The Morgan fingerprint density at radius 2 is 1.64 bits per heavy atom. The molecule has 0 spiro atoms. The summed E-state index contributed by atoms with van der Waals surface area (Å²) in [7, 11) is 2.12. The van der Waals surface area contributed by atoms with E-state index in [1.54, 1.807) is 0 Å². The maximum absolute atomic E-state index is 2.29. The van der Waals surface area contributed by atoms with Crippen LogP contribution in [0.4, 0.5) is 0 Å². The third kappa shape index (κ3) is 2.80. The second-order valence-electron chi connectivity index (χ2n) is 5.78. The van der Waals surface area contributed by atoms with Crippen LogP contribution >= 0.6 is 0 Å². The molecule has 1 aromatic heterocycles. The first-order chi connectivity index (χ1) is 10.7. The number of hydrogen-bond acceptors (Lipinski definition) is 0. The maximum Gasteiger partial charge on any atom is 0.212 e. The van der Waals surface area contributed by atoms with Gasteiger partial charge in [-0.15, -0.1) is 0 Å². The molecule has 0 unspecified atom stereocenters. The molecule has 1 nitrogen and oxygen atoms in total. The quantitative estimate of drug-likeness (QED) is 0.614. The molecular formula is C21H22N+. The van der Waals surface area contributed by atoms with Crippen molar-refractivity contribution >= 4 is 0 Å². The maximum atomic E-state index is 2.29. The lowest BCUT2D eigenvalue weighted by atomic mass is 9.99. The Labute approximate surface area is 132 Å². The third-order valence-corrected chi connectivity index (χ3v) is 4.22. The van der Waals surface area contributed by atoms with Crippen LogP contribution in [0.5, 0.6) is 0 Å². The van der Waals surface area contributed by atoms with E-state index >= 15 is 0 Å². The van der Waals surface area contributed by atoms with E-state index in [1.165, 1.54) is 33.5 Å². The van der Waals surface area contributed by atoms with Gasteiger partial charge in [0, 0.05) is 17.2 Å². The number of rotatable bonds is 3.